The SMILES string of the molecule is CCC1CCC(O)(c2ccc(OC)c(Br)c2OC)CC1. The fraction of sp³-hybridized carbons (Fsp3) is 0.625. The molecule has 0 atom stereocenters. The smallest absolute Gasteiger partial charge is 0.142 e. The molecule has 1 fully saturated rings. The Morgan fingerprint density at radius 2 is 1.90 bits per heavy atom. The minimum Gasteiger partial charge on any atom is -0.495 e. The topological polar surface area (TPSA) is 38.7 Å². The molecular weight excluding hydrogens is 320 g/mol. The predicted octanol–water partition coefficient (Wildman–Crippen LogP) is 4.25. The van der Waals surface area contributed by atoms with E-state index < -0.39 is 5.60 Å². The normalized spacial score (nSPS) is 26.4. The van der Waals surface area contributed by atoms with Crippen LogP contribution in [0.25, 0.3) is 0 Å². The van der Waals surface area contributed by atoms with Crippen molar-refractivity contribution in [3.63, 3.8) is 0 Å². The summed E-state index contributed by atoms with van der Waals surface area (Å²) in [6.07, 6.45) is 4.92. The zero-order chi connectivity index (χ0) is 14.8. The molecule has 1 aliphatic carbocycles. The summed E-state index contributed by atoms with van der Waals surface area (Å²) in [7, 11) is 3.25. The fourth-order valence-corrected chi connectivity index (χ4v) is 3.76. The lowest BCUT2D eigenvalue weighted by molar-refractivity contribution is -0.0164. The average Bonchev–Trinajstić information content (AvgIpc) is 2.47. The third-order valence-electron chi connectivity index (χ3n) is 4.50. The highest BCUT2D eigenvalue weighted by Gasteiger charge is 2.37. The molecule has 1 aromatic carbocycles. The van der Waals surface area contributed by atoms with E-state index in [0.717, 1.165) is 47.4 Å². The Morgan fingerprint density at radius 3 is 2.40 bits per heavy atom. The van der Waals surface area contributed by atoms with Crippen LogP contribution in [-0.4, -0.2) is 19.3 Å². The third kappa shape index (κ3) is 2.82. The summed E-state index contributed by atoms with van der Waals surface area (Å²) in [5, 5.41) is 11.0. The number of benzene rings is 1. The van der Waals surface area contributed by atoms with Crippen LogP contribution in [0.3, 0.4) is 0 Å². The molecule has 0 spiro atoms. The highest BCUT2D eigenvalue weighted by Crippen LogP contribution is 2.47. The quantitative estimate of drug-likeness (QED) is 0.888. The van der Waals surface area contributed by atoms with E-state index in [-0.39, 0.29) is 0 Å². The summed E-state index contributed by atoms with van der Waals surface area (Å²) in [6.45, 7) is 2.22. The minimum absolute atomic E-state index is 0.682. The van der Waals surface area contributed by atoms with Crippen molar-refractivity contribution in [3.05, 3.63) is 22.2 Å². The van der Waals surface area contributed by atoms with Crippen LogP contribution in [0.1, 0.15) is 44.6 Å². The lowest BCUT2D eigenvalue weighted by Crippen LogP contribution is -2.32. The van der Waals surface area contributed by atoms with Gasteiger partial charge < -0.3 is 14.6 Å². The Labute approximate surface area is 129 Å². The fourth-order valence-electron chi connectivity index (χ4n) is 3.09. The Balaban J connectivity index is 2.35. The van der Waals surface area contributed by atoms with E-state index in [1.807, 2.05) is 12.1 Å². The molecule has 4 heteroatoms. The number of rotatable bonds is 4. The Kier molecular flexibility index (Phi) is 4.97. The number of aliphatic hydroxyl groups is 1. The molecule has 0 aliphatic heterocycles. The molecule has 112 valence electrons. The third-order valence-corrected chi connectivity index (χ3v) is 5.25. The first-order chi connectivity index (χ1) is 9.55. The second-order valence-electron chi connectivity index (χ2n) is 5.55. The van der Waals surface area contributed by atoms with Gasteiger partial charge in [0.2, 0.25) is 0 Å². The molecule has 1 aromatic rings. The van der Waals surface area contributed by atoms with Crippen molar-refractivity contribution < 1.29 is 14.6 Å². The molecule has 3 nitrogen and oxygen atoms in total. The number of halogens is 1. The van der Waals surface area contributed by atoms with Crippen LogP contribution in [0.5, 0.6) is 11.5 Å². The van der Waals surface area contributed by atoms with Gasteiger partial charge in [0.25, 0.3) is 0 Å². The molecule has 1 N–H and O–H groups in total. The van der Waals surface area contributed by atoms with Crippen molar-refractivity contribution >= 4 is 15.9 Å². The maximum Gasteiger partial charge on any atom is 0.142 e. The molecule has 1 saturated carbocycles. The van der Waals surface area contributed by atoms with Crippen molar-refractivity contribution in [2.75, 3.05) is 14.2 Å². The summed E-state index contributed by atoms with van der Waals surface area (Å²) < 4.78 is 11.6. The van der Waals surface area contributed by atoms with Gasteiger partial charge in [0.15, 0.2) is 0 Å². The maximum atomic E-state index is 11.0. The molecular formula is C16H23BrO3. The zero-order valence-corrected chi connectivity index (χ0v) is 14.0. The minimum atomic E-state index is -0.786. The molecule has 0 unspecified atom stereocenters. The monoisotopic (exact) mass is 342 g/mol. The number of hydrogen-bond acceptors (Lipinski definition) is 3. The van der Waals surface area contributed by atoms with Gasteiger partial charge in [0.05, 0.1) is 19.8 Å². The average molecular weight is 343 g/mol. The van der Waals surface area contributed by atoms with Crippen molar-refractivity contribution in [1.82, 2.24) is 0 Å². The van der Waals surface area contributed by atoms with E-state index in [0.29, 0.717) is 5.75 Å². The second kappa shape index (κ2) is 6.35. The Morgan fingerprint density at radius 1 is 1.25 bits per heavy atom. The van der Waals surface area contributed by atoms with Gasteiger partial charge in [0, 0.05) is 5.56 Å². The van der Waals surface area contributed by atoms with Crippen molar-refractivity contribution in [2.45, 2.75) is 44.6 Å². The lowest BCUT2D eigenvalue weighted by atomic mass is 9.74. The molecule has 20 heavy (non-hydrogen) atoms. The van der Waals surface area contributed by atoms with Crippen molar-refractivity contribution in [2.24, 2.45) is 5.92 Å². The van der Waals surface area contributed by atoms with E-state index in [1.165, 1.54) is 6.42 Å². The van der Waals surface area contributed by atoms with Crippen molar-refractivity contribution in [1.29, 1.82) is 0 Å². The van der Waals surface area contributed by atoms with Gasteiger partial charge in [-0.2, -0.15) is 0 Å². The number of methoxy groups -OCH3 is 2. The predicted molar refractivity (Wildman–Crippen MR) is 83.4 cm³/mol. The van der Waals surface area contributed by atoms with Crippen LogP contribution in [0.2, 0.25) is 0 Å². The van der Waals surface area contributed by atoms with Crippen LogP contribution < -0.4 is 9.47 Å². The Hall–Kier alpha value is -0.740. The molecule has 0 saturated heterocycles. The standard InChI is InChI=1S/C16H23BrO3/c1-4-11-7-9-16(18,10-8-11)12-5-6-13(19-2)14(17)15(12)20-3/h5-6,11,18H,4,7-10H2,1-3H3. The highest BCUT2D eigenvalue weighted by molar-refractivity contribution is 9.10. The van der Waals surface area contributed by atoms with Gasteiger partial charge in [-0.1, -0.05) is 13.3 Å². The van der Waals surface area contributed by atoms with Gasteiger partial charge in [-0.15, -0.1) is 0 Å². The lowest BCUT2D eigenvalue weighted by Gasteiger charge is -2.37. The van der Waals surface area contributed by atoms with Crippen LogP contribution in [-0.2, 0) is 5.60 Å². The summed E-state index contributed by atoms with van der Waals surface area (Å²) in [4.78, 5) is 0. The molecule has 0 amide bonds. The first kappa shape index (κ1) is 15.6. The summed E-state index contributed by atoms with van der Waals surface area (Å²) in [5.74, 6) is 2.14. The zero-order valence-electron chi connectivity index (χ0n) is 12.4. The molecule has 0 radical (unpaired) electrons. The second-order valence-corrected chi connectivity index (χ2v) is 6.34. The van der Waals surface area contributed by atoms with Gasteiger partial charge in [0.1, 0.15) is 16.0 Å². The van der Waals surface area contributed by atoms with Crippen molar-refractivity contribution in [3.8, 4) is 11.5 Å². The maximum absolute atomic E-state index is 11.0. The number of ether oxygens (including phenoxy) is 2. The van der Waals surface area contributed by atoms with Crippen LogP contribution in [0.4, 0.5) is 0 Å². The first-order valence-electron chi connectivity index (χ1n) is 7.19. The Bertz CT molecular complexity index is 465. The molecule has 0 aromatic heterocycles. The number of hydrogen-bond donors (Lipinski definition) is 1. The molecule has 0 heterocycles. The first-order valence-corrected chi connectivity index (χ1v) is 7.98. The van der Waals surface area contributed by atoms with E-state index >= 15 is 0 Å². The van der Waals surface area contributed by atoms with Gasteiger partial charge in [-0.3, -0.25) is 0 Å². The molecule has 0 bridgehead atoms. The van der Waals surface area contributed by atoms with E-state index in [1.54, 1.807) is 14.2 Å². The molecule has 2 rings (SSSR count). The summed E-state index contributed by atoms with van der Waals surface area (Å²) >= 11 is 3.51. The van der Waals surface area contributed by atoms with Crippen LogP contribution in [0, 0.1) is 5.92 Å². The van der Waals surface area contributed by atoms with E-state index in [2.05, 4.69) is 22.9 Å². The van der Waals surface area contributed by atoms with Crippen LogP contribution >= 0.6 is 15.9 Å². The largest absolute Gasteiger partial charge is 0.495 e. The van der Waals surface area contributed by atoms with Crippen LogP contribution in [0.15, 0.2) is 16.6 Å². The summed E-state index contributed by atoms with van der Waals surface area (Å²) in [6, 6.07) is 3.81. The van der Waals surface area contributed by atoms with Gasteiger partial charge >= 0.3 is 0 Å². The van der Waals surface area contributed by atoms with Gasteiger partial charge in [-0.05, 0) is 59.7 Å². The molecule has 1 aliphatic rings. The van der Waals surface area contributed by atoms with E-state index in [9.17, 15) is 5.11 Å². The van der Waals surface area contributed by atoms with E-state index in [4.69, 9.17) is 9.47 Å². The highest BCUT2D eigenvalue weighted by atomic mass is 79.9. The van der Waals surface area contributed by atoms with Gasteiger partial charge in [-0.25, -0.2) is 0 Å². The summed E-state index contributed by atoms with van der Waals surface area (Å²) in [5.41, 5.74) is 0.0773.